The molecule has 0 aliphatic carbocycles. The van der Waals surface area contributed by atoms with Gasteiger partial charge in [0.15, 0.2) is 0 Å². The van der Waals surface area contributed by atoms with Gasteiger partial charge in [0.05, 0.1) is 9.82 Å². The number of hydrogen-bond acceptors (Lipinski definition) is 4. The van der Waals surface area contributed by atoms with Crippen molar-refractivity contribution in [2.75, 3.05) is 0 Å². The highest BCUT2D eigenvalue weighted by molar-refractivity contribution is 8.00. The van der Waals surface area contributed by atoms with Crippen molar-refractivity contribution in [1.82, 2.24) is 0 Å². The van der Waals surface area contributed by atoms with Crippen LogP contribution < -0.4 is 0 Å². The van der Waals surface area contributed by atoms with Crippen LogP contribution in [0.3, 0.4) is 0 Å². The monoisotopic (exact) mass is 241 g/mol. The van der Waals surface area contributed by atoms with E-state index in [0.29, 0.717) is 10.5 Å². The van der Waals surface area contributed by atoms with Gasteiger partial charge in [0.25, 0.3) is 5.69 Å². The zero-order valence-corrected chi connectivity index (χ0v) is 9.65. The number of aryl methyl sites for hydroxylation is 1. The fourth-order valence-electron chi connectivity index (χ4n) is 1.16. The standard InChI is InChI=1S/C10H11NO4S/c1-6-4-3-5-8(11(14)15)9(6)16-7(2)10(12)13/h3-5,7H,1-2H3,(H,12,13). The Hall–Kier alpha value is -1.56. The van der Waals surface area contributed by atoms with E-state index in [1.165, 1.54) is 13.0 Å². The average Bonchev–Trinajstić information content (AvgIpc) is 2.20. The number of benzene rings is 1. The lowest BCUT2D eigenvalue weighted by Crippen LogP contribution is -2.11. The SMILES string of the molecule is Cc1cccc([N+](=O)[O-])c1SC(C)C(=O)O. The fourth-order valence-corrected chi connectivity index (χ4v) is 2.13. The predicted molar refractivity (Wildman–Crippen MR) is 60.8 cm³/mol. The van der Waals surface area contributed by atoms with E-state index < -0.39 is 16.1 Å². The van der Waals surface area contributed by atoms with Gasteiger partial charge in [0.1, 0.15) is 5.25 Å². The number of carbonyl (C=O) groups is 1. The molecule has 1 aromatic rings. The summed E-state index contributed by atoms with van der Waals surface area (Å²) in [5, 5.41) is 18.8. The Balaban J connectivity index is 3.11. The first-order chi connectivity index (χ1) is 7.43. The normalized spacial score (nSPS) is 12.1. The lowest BCUT2D eigenvalue weighted by Gasteiger charge is -2.08. The third-order valence-electron chi connectivity index (χ3n) is 2.03. The zero-order valence-electron chi connectivity index (χ0n) is 8.84. The van der Waals surface area contributed by atoms with E-state index in [1.54, 1.807) is 19.1 Å². The van der Waals surface area contributed by atoms with Crippen molar-refractivity contribution in [1.29, 1.82) is 0 Å². The van der Waals surface area contributed by atoms with E-state index in [1.807, 2.05) is 0 Å². The molecule has 86 valence electrons. The Labute approximate surface area is 96.6 Å². The quantitative estimate of drug-likeness (QED) is 0.497. The first-order valence-corrected chi connectivity index (χ1v) is 5.45. The highest BCUT2D eigenvalue weighted by Gasteiger charge is 2.21. The Morgan fingerprint density at radius 3 is 2.69 bits per heavy atom. The molecule has 0 radical (unpaired) electrons. The number of carboxylic acid groups (broad SMARTS) is 1. The summed E-state index contributed by atoms with van der Waals surface area (Å²) in [6.45, 7) is 3.23. The minimum absolute atomic E-state index is 0.0434. The molecule has 0 saturated carbocycles. The molecule has 1 N–H and O–H groups in total. The molecule has 0 fully saturated rings. The molecule has 0 bridgehead atoms. The van der Waals surface area contributed by atoms with Crippen LogP contribution in [0.4, 0.5) is 5.69 Å². The Morgan fingerprint density at radius 1 is 1.56 bits per heavy atom. The molecule has 0 heterocycles. The van der Waals surface area contributed by atoms with Crippen LogP contribution in [0.2, 0.25) is 0 Å². The number of nitro groups is 1. The lowest BCUT2D eigenvalue weighted by atomic mass is 10.2. The maximum Gasteiger partial charge on any atom is 0.316 e. The summed E-state index contributed by atoms with van der Waals surface area (Å²) in [7, 11) is 0. The topological polar surface area (TPSA) is 80.4 Å². The highest BCUT2D eigenvalue weighted by atomic mass is 32.2. The van der Waals surface area contributed by atoms with Crippen LogP contribution in [0.15, 0.2) is 23.1 Å². The molecular weight excluding hydrogens is 230 g/mol. The van der Waals surface area contributed by atoms with Gasteiger partial charge in [-0.2, -0.15) is 0 Å². The van der Waals surface area contributed by atoms with E-state index in [2.05, 4.69) is 0 Å². The highest BCUT2D eigenvalue weighted by Crippen LogP contribution is 2.34. The summed E-state index contributed by atoms with van der Waals surface area (Å²) < 4.78 is 0. The minimum Gasteiger partial charge on any atom is -0.480 e. The van der Waals surface area contributed by atoms with E-state index in [9.17, 15) is 14.9 Å². The van der Waals surface area contributed by atoms with Gasteiger partial charge in [-0.25, -0.2) is 0 Å². The molecule has 0 amide bonds. The van der Waals surface area contributed by atoms with Crippen molar-refractivity contribution in [2.45, 2.75) is 24.0 Å². The van der Waals surface area contributed by atoms with Gasteiger partial charge < -0.3 is 5.11 Å². The van der Waals surface area contributed by atoms with E-state index >= 15 is 0 Å². The summed E-state index contributed by atoms with van der Waals surface area (Å²) in [6, 6.07) is 4.69. The number of nitro benzene ring substituents is 1. The number of carboxylic acids is 1. The Morgan fingerprint density at radius 2 is 2.19 bits per heavy atom. The van der Waals surface area contributed by atoms with Crippen molar-refractivity contribution in [2.24, 2.45) is 0 Å². The molecule has 1 aromatic carbocycles. The van der Waals surface area contributed by atoms with Gasteiger partial charge in [-0.05, 0) is 19.4 Å². The second-order valence-electron chi connectivity index (χ2n) is 3.28. The molecule has 1 rings (SSSR count). The number of aliphatic carboxylic acids is 1. The van der Waals surface area contributed by atoms with Crippen LogP contribution in [0.1, 0.15) is 12.5 Å². The van der Waals surface area contributed by atoms with Crippen LogP contribution in [-0.4, -0.2) is 21.2 Å². The molecule has 0 aliphatic rings. The first-order valence-electron chi connectivity index (χ1n) is 4.57. The van der Waals surface area contributed by atoms with Crippen LogP contribution in [-0.2, 0) is 4.79 Å². The molecule has 0 aliphatic heterocycles. The van der Waals surface area contributed by atoms with Crippen molar-refractivity contribution in [3.05, 3.63) is 33.9 Å². The third-order valence-corrected chi connectivity index (χ3v) is 3.35. The minimum atomic E-state index is -0.984. The van der Waals surface area contributed by atoms with Crippen molar-refractivity contribution < 1.29 is 14.8 Å². The molecule has 1 atom stereocenters. The molecule has 0 spiro atoms. The second-order valence-corrected chi connectivity index (χ2v) is 4.63. The third kappa shape index (κ3) is 2.73. The molecule has 1 unspecified atom stereocenters. The summed E-state index contributed by atoms with van der Waals surface area (Å²) >= 11 is 0.992. The van der Waals surface area contributed by atoms with Gasteiger partial charge in [0.2, 0.25) is 0 Å². The molecule has 5 nitrogen and oxygen atoms in total. The number of nitrogens with zero attached hydrogens (tertiary/aromatic N) is 1. The smallest absolute Gasteiger partial charge is 0.316 e. The predicted octanol–water partition coefficient (Wildman–Crippen LogP) is 2.47. The second kappa shape index (κ2) is 4.98. The van der Waals surface area contributed by atoms with Crippen molar-refractivity contribution in [3.8, 4) is 0 Å². The van der Waals surface area contributed by atoms with Gasteiger partial charge in [-0.15, -0.1) is 11.8 Å². The summed E-state index contributed by atoms with van der Waals surface area (Å²) in [5.74, 6) is -0.984. The van der Waals surface area contributed by atoms with Crippen molar-refractivity contribution >= 4 is 23.4 Å². The van der Waals surface area contributed by atoms with Crippen LogP contribution in [0, 0.1) is 17.0 Å². The Bertz CT molecular complexity index is 433. The van der Waals surface area contributed by atoms with Crippen LogP contribution in [0.5, 0.6) is 0 Å². The van der Waals surface area contributed by atoms with E-state index in [4.69, 9.17) is 5.11 Å². The molecule has 0 saturated heterocycles. The van der Waals surface area contributed by atoms with Gasteiger partial charge >= 0.3 is 5.97 Å². The van der Waals surface area contributed by atoms with Crippen LogP contribution in [0.25, 0.3) is 0 Å². The average molecular weight is 241 g/mol. The van der Waals surface area contributed by atoms with Crippen molar-refractivity contribution in [3.63, 3.8) is 0 Å². The van der Waals surface area contributed by atoms with Gasteiger partial charge in [-0.3, -0.25) is 14.9 Å². The summed E-state index contributed by atoms with van der Waals surface area (Å²) in [4.78, 5) is 21.4. The molecule has 6 heteroatoms. The number of thioether (sulfide) groups is 1. The summed E-state index contributed by atoms with van der Waals surface area (Å²) in [5.41, 5.74) is 0.672. The van der Waals surface area contributed by atoms with E-state index in [-0.39, 0.29) is 5.69 Å². The van der Waals surface area contributed by atoms with Crippen LogP contribution >= 0.6 is 11.8 Å². The number of rotatable bonds is 4. The zero-order chi connectivity index (χ0) is 12.3. The van der Waals surface area contributed by atoms with Gasteiger partial charge in [-0.1, -0.05) is 12.1 Å². The lowest BCUT2D eigenvalue weighted by molar-refractivity contribution is -0.387. The number of hydrogen-bond donors (Lipinski definition) is 1. The molecule has 16 heavy (non-hydrogen) atoms. The fraction of sp³-hybridized carbons (Fsp3) is 0.300. The maximum absolute atomic E-state index is 10.8. The maximum atomic E-state index is 10.8. The van der Waals surface area contributed by atoms with E-state index in [0.717, 1.165) is 11.8 Å². The summed E-state index contributed by atoms with van der Waals surface area (Å²) in [6.07, 6.45) is 0. The Kier molecular flexibility index (Phi) is 3.89. The first kappa shape index (κ1) is 12.5. The molecular formula is C10H11NO4S. The largest absolute Gasteiger partial charge is 0.480 e. The van der Waals surface area contributed by atoms with Gasteiger partial charge in [0, 0.05) is 6.07 Å². The molecule has 0 aromatic heterocycles.